The van der Waals surface area contributed by atoms with Crippen LogP contribution in [0.15, 0.2) is 22.7 Å². The van der Waals surface area contributed by atoms with Crippen molar-refractivity contribution >= 4 is 32.6 Å². The molecule has 0 aromatic heterocycles. The Kier molecular flexibility index (Phi) is 4.13. The van der Waals surface area contributed by atoms with E-state index in [1.54, 1.807) is 0 Å². The average Bonchev–Trinajstić information content (AvgIpc) is 2.12. The van der Waals surface area contributed by atoms with Crippen molar-refractivity contribution in [2.45, 2.75) is 26.0 Å². The summed E-state index contributed by atoms with van der Waals surface area (Å²) in [5.74, 6) is 0. The molecule has 1 unspecified atom stereocenters. The van der Waals surface area contributed by atoms with Crippen molar-refractivity contribution in [2.75, 3.05) is 4.72 Å². The van der Waals surface area contributed by atoms with Gasteiger partial charge in [0.15, 0.2) is 0 Å². The van der Waals surface area contributed by atoms with Crippen molar-refractivity contribution in [3.8, 4) is 0 Å². The van der Waals surface area contributed by atoms with E-state index < -0.39 is 11.0 Å². The van der Waals surface area contributed by atoms with Gasteiger partial charge < -0.3 is 4.72 Å². The average molecular weight is 276 g/mol. The summed E-state index contributed by atoms with van der Waals surface area (Å²) in [4.78, 5) is 0. The molecule has 78 valence electrons. The van der Waals surface area contributed by atoms with Crippen molar-refractivity contribution in [1.29, 1.82) is 0 Å². The molecule has 0 bridgehead atoms. The van der Waals surface area contributed by atoms with Crippen molar-refractivity contribution in [3.63, 3.8) is 0 Å². The molecule has 0 fully saturated rings. The minimum Gasteiger partial charge on any atom is -0.304 e. The number of nitrogens with one attached hydrogen (secondary N) is 1. The second kappa shape index (κ2) is 4.94. The predicted molar refractivity (Wildman–Crippen MR) is 65.8 cm³/mol. The summed E-state index contributed by atoms with van der Waals surface area (Å²) in [5.41, 5.74) is 2.02. The summed E-state index contributed by atoms with van der Waals surface area (Å²) >= 11 is 3.46. The summed E-state index contributed by atoms with van der Waals surface area (Å²) < 4.78 is 15.5. The summed E-state index contributed by atoms with van der Waals surface area (Å²) in [7, 11) is -1.02. The second-order valence-corrected chi connectivity index (χ2v) is 5.92. The molecule has 0 heterocycles. The maximum atomic E-state index is 11.6. The van der Waals surface area contributed by atoms with Crippen LogP contribution in [0, 0.1) is 6.92 Å². The van der Waals surface area contributed by atoms with E-state index in [1.807, 2.05) is 39.0 Å². The number of rotatable bonds is 3. The normalized spacial score (nSPS) is 12.9. The molecule has 0 spiro atoms. The molecule has 0 aliphatic carbocycles. The highest BCUT2D eigenvalue weighted by atomic mass is 79.9. The molecule has 1 aromatic rings. The lowest BCUT2D eigenvalue weighted by Gasteiger charge is -2.11. The third-order valence-corrected chi connectivity index (χ3v) is 4.16. The number of aryl methyl sites for hydroxylation is 1. The summed E-state index contributed by atoms with van der Waals surface area (Å²) in [6.45, 7) is 5.85. The van der Waals surface area contributed by atoms with Crippen LogP contribution in [0.1, 0.15) is 19.4 Å². The fourth-order valence-electron chi connectivity index (χ4n) is 0.952. The van der Waals surface area contributed by atoms with Gasteiger partial charge in [-0.05, 0) is 48.3 Å². The van der Waals surface area contributed by atoms with Crippen LogP contribution in [-0.2, 0) is 11.0 Å². The fraction of sp³-hybridized carbons (Fsp3) is 0.400. The van der Waals surface area contributed by atoms with E-state index >= 15 is 0 Å². The molecule has 0 radical (unpaired) electrons. The van der Waals surface area contributed by atoms with Gasteiger partial charge in [-0.1, -0.05) is 12.1 Å². The van der Waals surface area contributed by atoms with Gasteiger partial charge >= 0.3 is 0 Å². The Balaban J connectivity index is 2.87. The summed E-state index contributed by atoms with van der Waals surface area (Å²) in [6, 6.07) is 5.87. The van der Waals surface area contributed by atoms with Gasteiger partial charge in [0.05, 0.1) is 5.69 Å². The maximum absolute atomic E-state index is 11.6. The van der Waals surface area contributed by atoms with Gasteiger partial charge in [0.25, 0.3) is 0 Å². The fourth-order valence-corrected chi connectivity index (χ4v) is 2.07. The van der Waals surface area contributed by atoms with Crippen molar-refractivity contribution in [3.05, 3.63) is 28.2 Å². The van der Waals surface area contributed by atoms with Gasteiger partial charge in [0, 0.05) is 9.72 Å². The van der Waals surface area contributed by atoms with Crippen molar-refractivity contribution in [1.82, 2.24) is 0 Å². The molecule has 0 saturated carbocycles. The molecule has 0 aliphatic rings. The first-order chi connectivity index (χ1) is 6.52. The molecule has 2 nitrogen and oxygen atoms in total. The summed E-state index contributed by atoms with van der Waals surface area (Å²) in [5, 5.41) is 0.113. The highest BCUT2D eigenvalue weighted by Crippen LogP contribution is 2.26. The maximum Gasteiger partial charge on any atom is 0.119 e. The molecule has 0 aliphatic heterocycles. The van der Waals surface area contributed by atoms with Gasteiger partial charge in [-0.3, -0.25) is 0 Å². The van der Waals surface area contributed by atoms with E-state index in [9.17, 15) is 4.21 Å². The number of anilines is 1. The Hall–Kier alpha value is -0.350. The molecule has 14 heavy (non-hydrogen) atoms. The van der Waals surface area contributed by atoms with E-state index in [0.717, 1.165) is 15.7 Å². The monoisotopic (exact) mass is 275 g/mol. The Morgan fingerprint density at radius 2 is 2.07 bits per heavy atom. The molecule has 1 rings (SSSR count). The SMILES string of the molecule is Cc1cccc(NS(=O)C(C)C)c1Br. The van der Waals surface area contributed by atoms with Crippen LogP contribution in [0.2, 0.25) is 0 Å². The Bertz CT molecular complexity index is 352. The molecule has 0 amide bonds. The van der Waals surface area contributed by atoms with Crippen LogP contribution in [0.25, 0.3) is 0 Å². The topological polar surface area (TPSA) is 29.1 Å². The largest absolute Gasteiger partial charge is 0.304 e. The van der Waals surface area contributed by atoms with Crippen molar-refractivity contribution in [2.24, 2.45) is 0 Å². The van der Waals surface area contributed by atoms with E-state index in [4.69, 9.17) is 0 Å². The molecule has 1 atom stereocenters. The zero-order chi connectivity index (χ0) is 10.7. The first-order valence-electron chi connectivity index (χ1n) is 4.44. The number of halogens is 1. The van der Waals surface area contributed by atoms with Crippen LogP contribution in [0.5, 0.6) is 0 Å². The van der Waals surface area contributed by atoms with E-state index in [2.05, 4.69) is 20.7 Å². The third-order valence-electron chi connectivity index (χ3n) is 1.83. The van der Waals surface area contributed by atoms with Crippen LogP contribution < -0.4 is 4.72 Å². The van der Waals surface area contributed by atoms with E-state index in [0.29, 0.717) is 0 Å². The minimum absolute atomic E-state index is 0.113. The number of hydrogen-bond donors (Lipinski definition) is 1. The number of benzene rings is 1. The zero-order valence-electron chi connectivity index (χ0n) is 8.50. The summed E-state index contributed by atoms with van der Waals surface area (Å²) in [6.07, 6.45) is 0. The van der Waals surface area contributed by atoms with Gasteiger partial charge in [0.2, 0.25) is 0 Å². The van der Waals surface area contributed by atoms with Crippen molar-refractivity contribution < 1.29 is 4.21 Å². The third kappa shape index (κ3) is 2.82. The zero-order valence-corrected chi connectivity index (χ0v) is 10.9. The lowest BCUT2D eigenvalue weighted by molar-refractivity contribution is 0.680. The lowest BCUT2D eigenvalue weighted by atomic mass is 10.2. The van der Waals surface area contributed by atoms with E-state index in [1.165, 1.54) is 0 Å². The van der Waals surface area contributed by atoms with Crippen LogP contribution in [0.4, 0.5) is 5.69 Å². The van der Waals surface area contributed by atoms with Gasteiger partial charge in [-0.2, -0.15) is 0 Å². The molecule has 4 heteroatoms. The van der Waals surface area contributed by atoms with Crippen LogP contribution in [0.3, 0.4) is 0 Å². The van der Waals surface area contributed by atoms with Crippen LogP contribution in [-0.4, -0.2) is 9.46 Å². The van der Waals surface area contributed by atoms with Crippen LogP contribution >= 0.6 is 15.9 Å². The Labute approximate surface area is 95.8 Å². The Morgan fingerprint density at radius 1 is 1.43 bits per heavy atom. The highest BCUT2D eigenvalue weighted by Gasteiger charge is 2.08. The van der Waals surface area contributed by atoms with Gasteiger partial charge in [-0.15, -0.1) is 0 Å². The van der Waals surface area contributed by atoms with E-state index in [-0.39, 0.29) is 5.25 Å². The molecule has 1 N–H and O–H groups in total. The smallest absolute Gasteiger partial charge is 0.119 e. The Morgan fingerprint density at radius 3 is 2.64 bits per heavy atom. The minimum atomic E-state index is -1.02. The molecular weight excluding hydrogens is 262 g/mol. The first kappa shape index (κ1) is 11.7. The standard InChI is InChI=1S/C10H14BrNOS/c1-7(2)14(13)12-9-6-4-5-8(3)10(9)11/h4-7,12H,1-3H3. The lowest BCUT2D eigenvalue weighted by Crippen LogP contribution is -2.14. The number of hydrogen-bond acceptors (Lipinski definition) is 1. The van der Waals surface area contributed by atoms with Gasteiger partial charge in [-0.25, -0.2) is 4.21 Å². The first-order valence-corrected chi connectivity index (χ1v) is 6.45. The molecule has 1 aromatic carbocycles. The quantitative estimate of drug-likeness (QED) is 0.902. The highest BCUT2D eigenvalue weighted by molar-refractivity contribution is 9.10. The molecule has 0 saturated heterocycles. The predicted octanol–water partition coefficient (Wildman–Crippen LogP) is 3.24. The molecular formula is C10H14BrNOS. The van der Waals surface area contributed by atoms with Gasteiger partial charge in [0.1, 0.15) is 11.0 Å². The second-order valence-electron chi connectivity index (χ2n) is 3.38.